The van der Waals surface area contributed by atoms with Crippen molar-refractivity contribution in [2.24, 2.45) is 0 Å². The molecular formula is C20H22ClN3O2. The van der Waals surface area contributed by atoms with Crippen LogP contribution in [0.3, 0.4) is 0 Å². The molecule has 3 rings (SSSR count). The molecule has 1 aliphatic rings. The van der Waals surface area contributed by atoms with E-state index in [1.807, 2.05) is 67.4 Å². The molecule has 3 amide bonds. The van der Waals surface area contributed by atoms with E-state index in [2.05, 4.69) is 0 Å². The number of urea groups is 1. The number of halogens is 1. The first-order chi connectivity index (χ1) is 12.4. The number of imide groups is 1. The Morgan fingerprint density at radius 3 is 2.27 bits per heavy atom. The van der Waals surface area contributed by atoms with Crippen LogP contribution in [0.1, 0.15) is 18.1 Å². The van der Waals surface area contributed by atoms with Crippen molar-refractivity contribution in [3.63, 3.8) is 0 Å². The summed E-state index contributed by atoms with van der Waals surface area (Å²) in [5.74, 6) is -0.182. The number of carbonyl (C=O) groups is 2. The number of anilines is 1. The molecule has 0 spiro atoms. The predicted molar refractivity (Wildman–Crippen MR) is 103 cm³/mol. The molecule has 0 saturated carbocycles. The molecule has 1 aliphatic heterocycles. The Bertz CT molecular complexity index is 805. The Balaban J connectivity index is 1.71. The Kier molecular flexibility index (Phi) is 5.30. The van der Waals surface area contributed by atoms with Gasteiger partial charge in [0.2, 0.25) is 0 Å². The van der Waals surface area contributed by atoms with Gasteiger partial charge in [-0.3, -0.25) is 14.6 Å². The third-order valence-corrected chi connectivity index (χ3v) is 4.76. The zero-order valence-electron chi connectivity index (χ0n) is 15.1. The summed E-state index contributed by atoms with van der Waals surface area (Å²) in [6.45, 7) is 4.61. The highest BCUT2D eigenvalue weighted by Gasteiger charge is 2.43. The molecule has 1 unspecified atom stereocenters. The standard InChI is InChI=1S/C20H22ClN3O2/c1-14-4-10-18(11-5-14)24-15(2)19(25)23(20(24)26)13-22(3)12-16-6-8-17(21)9-7-16/h4-11,15H,12-13H2,1-3H3. The third kappa shape index (κ3) is 3.74. The van der Waals surface area contributed by atoms with Gasteiger partial charge < -0.3 is 0 Å². The number of hydrogen-bond donors (Lipinski definition) is 0. The van der Waals surface area contributed by atoms with Crippen molar-refractivity contribution < 1.29 is 9.59 Å². The van der Waals surface area contributed by atoms with Crippen LogP contribution in [0.15, 0.2) is 48.5 Å². The van der Waals surface area contributed by atoms with Crippen molar-refractivity contribution in [2.75, 3.05) is 18.6 Å². The van der Waals surface area contributed by atoms with Gasteiger partial charge in [0.05, 0.1) is 6.67 Å². The minimum atomic E-state index is -0.505. The molecule has 2 aromatic rings. The van der Waals surface area contributed by atoms with Gasteiger partial charge in [0.1, 0.15) is 6.04 Å². The first kappa shape index (κ1) is 18.4. The molecule has 1 fully saturated rings. The van der Waals surface area contributed by atoms with Gasteiger partial charge in [-0.25, -0.2) is 9.69 Å². The van der Waals surface area contributed by atoms with Gasteiger partial charge >= 0.3 is 6.03 Å². The van der Waals surface area contributed by atoms with E-state index in [1.54, 1.807) is 11.8 Å². The molecule has 0 aromatic heterocycles. The van der Waals surface area contributed by atoms with Gasteiger partial charge in [-0.05, 0) is 50.7 Å². The number of nitrogens with zero attached hydrogens (tertiary/aromatic N) is 3. The highest BCUT2D eigenvalue weighted by molar-refractivity contribution is 6.30. The number of aryl methyl sites for hydroxylation is 1. The topological polar surface area (TPSA) is 43.9 Å². The average molecular weight is 372 g/mol. The van der Waals surface area contributed by atoms with Gasteiger partial charge in [0, 0.05) is 17.3 Å². The van der Waals surface area contributed by atoms with Crippen LogP contribution in [0.2, 0.25) is 5.02 Å². The summed E-state index contributed by atoms with van der Waals surface area (Å²) in [5, 5.41) is 0.684. The van der Waals surface area contributed by atoms with Crippen LogP contribution in [-0.4, -0.2) is 41.5 Å². The van der Waals surface area contributed by atoms with E-state index in [-0.39, 0.29) is 18.6 Å². The fraction of sp³-hybridized carbons (Fsp3) is 0.300. The molecule has 0 bridgehead atoms. The molecule has 1 saturated heterocycles. The zero-order chi connectivity index (χ0) is 18.8. The average Bonchev–Trinajstić information content (AvgIpc) is 2.82. The second-order valence-electron chi connectivity index (χ2n) is 6.71. The molecule has 1 atom stereocenters. The largest absolute Gasteiger partial charge is 0.333 e. The van der Waals surface area contributed by atoms with E-state index in [0.29, 0.717) is 11.6 Å². The highest BCUT2D eigenvalue weighted by Crippen LogP contribution is 2.26. The number of benzene rings is 2. The number of hydrogen-bond acceptors (Lipinski definition) is 3. The number of carbonyl (C=O) groups excluding carboxylic acids is 2. The minimum absolute atomic E-state index is 0.182. The molecule has 0 N–H and O–H groups in total. The normalized spacial score (nSPS) is 17.5. The third-order valence-electron chi connectivity index (χ3n) is 4.51. The van der Waals surface area contributed by atoms with Crippen LogP contribution in [0, 0.1) is 6.92 Å². The smallest absolute Gasteiger partial charge is 0.284 e. The molecule has 6 heteroatoms. The van der Waals surface area contributed by atoms with Crippen LogP contribution >= 0.6 is 11.6 Å². The van der Waals surface area contributed by atoms with Crippen molar-refractivity contribution >= 4 is 29.2 Å². The molecule has 2 aromatic carbocycles. The fourth-order valence-electron chi connectivity index (χ4n) is 3.09. The quantitative estimate of drug-likeness (QED) is 0.749. The monoisotopic (exact) mass is 371 g/mol. The van der Waals surface area contributed by atoms with Gasteiger partial charge in [0.15, 0.2) is 0 Å². The fourth-order valence-corrected chi connectivity index (χ4v) is 3.21. The summed E-state index contributed by atoms with van der Waals surface area (Å²) in [5.41, 5.74) is 2.92. The van der Waals surface area contributed by atoms with Crippen LogP contribution in [0.25, 0.3) is 0 Å². The molecule has 0 radical (unpaired) electrons. The predicted octanol–water partition coefficient (Wildman–Crippen LogP) is 3.90. The molecule has 26 heavy (non-hydrogen) atoms. The maximum atomic E-state index is 12.8. The van der Waals surface area contributed by atoms with Crippen molar-refractivity contribution in [2.45, 2.75) is 26.4 Å². The maximum absolute atomic E-state index is 12.8. The summed E-state index contributed by atoms with van der Waals surface area (Å²) in [6, 6.07) is 14.4. The number of amides is 3. The van der Waals surface area contributed by atoms with Crippen LogP contribution < -0.4 is 4.90 Å². The number of rotatable bonds is 5. The molecule has 136 valence electrons. The first-order valence-electron chi connectivity index (χ1n) is 8.51. The first-order valence-corrected chi connectivity index (χ1v) is 8.89. The van der Waals surface area contributed by atoms with E-state index in [0.717, 1.165) is 16.8 Å². The van der Waals surface area contributed by atoms with E-state index < -0.39 is 6.04 Å². The lowest BCUT2D eigenvalue weighted by atomic mass is 10.2. The van der Waals surface area contributed by atoms with Gasteiger partial charge in [0.25, 0.3) is 5.91 Å². The Morgan fingerprint density at radius 2 is 1.65 bits per heavy atom. The summed E-state index contributed by atoms with van der Waals surface area (Å²) >= 11 is 5.91. The lowest BCUT2D eigenvalue weighted by molar-refractivity contribution is -0.128. The van der Waals surface area contributed by atoms with Crippen molar-refractivity contribution in [1.82, 2.24) is 9.80 Å². The van der Waals surface area contributed by atoms with Gasteiger partial charge in [-0.1, -0.05) is 41.4 Å². The van der Waals surface area contributed by atoms with Crippen LogP contribution in [0.4, 0.5) is 10.5 Å². The summed E-state index contributed by atoms with van der Waals surface area (Å²) in [4.78, 5) is 30.2. The minimum Gasteiger partial charge on any atom is -0.284 e. The van der Waals surface area contributed by atoms with Crippen LogP contribution in [-0.2, 0) is 11.3 Å². The van der Waals surface area contributed by atoms with Crippen molar-refractivity contribution in [3.05, 3.63) is 64.7 Å². The molecular weight excluding hydrogens is 350 g/mol. The van der Waals surface area contributed by atoms with Crippen molar-refractivity contribution in [1.29, 1.82) is 0 Å². The Hall–Kier alpha value is -2.37. The summed E-state index contributed by atoms with van der Waals surface area (Å²) in [6.07, 6.45) is 0. The van der Waals surface area contributed by atoms with Gasteiger partial charge in [-0.15, -0.1) is 0 Å². The van der Waals surface area contributed by atoms with Crippen molar-refractivity contribution in [3.8, 4) is 0 Å². The molecule has 1 heterocycles. The second-order valence-corrected chi connectivity index (χ2v) is 7.15. The second kappa shape index (κ2) is 7.48. The highest BCUT2D eigenvalue weighted by atomic mass is 35.5. The maximum Gasteiger partial charge on any atom is 0.333 e. The molecule has 5 nitrogen and oxygen atoms in total. The summed E-state index contributed by atoms with van der Waals surface area (Å²) < 4.78 is 0. The van der Waals surface area contributed by atoms with E-state index >= 15 is 0 Å². The Labute approximate surface area is 158 Å². The van der Waals surface area contributed by atoms with E-state index in [4.69, 9.17) is 11.6 Å². The van der Waals surface area contributed by atoms with Gasteiger partial charge in [-0.2, -0.15) is 0 Å². The van der Waals surface area contributed by atoms with Crippen LogP contribution in [0.5, 0.6) is 0 Å². The lowest BCUT2D eigenvalue weighted by Gasteiger charge is -2.23. The summed E-state index contributed by atoms with van der Waals surface area (Å²) in [7, 11) is 1.88. The SMILES string of the molecule is Cc1ccc(N2C(=O)N(CN(C)Cc3ccc(Cl)cc3)C(=O)C2C)cc1. The molecule has 0 aliphatic carbocycles. The Morgan fingerprint density at radius 1 is 1.04 bits per heavy atom. The van der Waals surface area contributed by atoms with E-state index in [1.165, 1.54) is 4.90 Å². The lowest BCUT2D eigenvalue weighted by Crippen LogP contribution is -2.40. The van der Waals surface area contributed by atoms with E-state index in [9.17, 15) is 9.59 Å². The zero-order valence-corrected chi connectivity index (χ0v) is 15.9.